The predicted octanol–water partition coefficient (Wildman–Crippen LogP) is 7.14. The second-order valence-corrected chi connectivity index (χ2v) is 9.01. The molecule has 1 amide bonds. The average molecular weight is 492 g/mol. The minimum absolute atomic E-state index is 0.114. The van der Waals surface area contributed by atoms with E-state index in [0.29, 0.717) is 12.1 Å². The number of amides is 1. The van der Waals surface area contributed by atoms with E-state index in [4.69, 9.17) is 9.73 Å². The highest BCUT2D eigenvalue weighted by Gasteiger charge is 2.19. The average Bonchev–Trinajstić information content (AvgIpc) is 2.93. The summed E-state index contributed by atoms with van der Waals surface area (Å²) in [6.07, 6.45) is 7.55. The Kier molecular flexibility index (Phi) is 9.08. The maximum absolute atomic E-state index is 11.7. The molecule has 37 heavy (non-hydrogen) atoms. The fourth-order valence-corrected chi connectivity index (χ4v) is 3.98. The molecule has 2 N–H and O–H groups in total. The number of rotatable bonds is 10. The van der Waals surface area contributed by atoms with Gasteiger partial charge in [-0.2, -0.15) is 0 Å². The van der Waals surface area contributed by atoms with Gasteiger partial charge >= 0.3 is 0 Å². The molecule has 0 saturated heterocycles. The van der Waals surface area contributed by atoms with Crippen LogP contribution in [-0.2, 0) is 11.2 Å². The molecule has 4 rings (SSSR count). The third-order valence-corrected chi connectivity index (χ3v) is 6.02. The van der Waals surface area contributed by atoms with Gasteiger partial charge in [-0.3, -0.25) is 9.79 Å². The number of hydrogen-bond donors (Lipinski definition) is 2. The highest BCUT2D eigenvalue weighted by atomic mass is 16.5. The number of aliphatic imine (C=N–C) groups is 1. The number of nitrogens with one attached hydrogen (secondary N) is 2. The van der Waals surface area contributed by atoms with E-state index in [1.165, 1.54) is 0 Å². The first-order chi connectivity index (χ1) is 18.1. The molecule has 0 aromatic heterocycles. The number of hydrogen-bond acceptors (Lipinski definition) is 4. The van der Waals surface area contributed by atoms with Crippen molar-refractivity contribution in [1.82, 2.24) is 5.32 Å². The van der Waals surface area contributed by atoms with Crippen LogP contribution in [0.4, 0.5) is 11.4 Å². The van der Waals surface area contributed by atoms with E-state index < -0.39 is 0 Å². The molecule has 0 saturated carbocycles. The predicted molar refractivity (Wildman–Crippen MR) is 152 cm³/mol. The fraction of sp³-hybridized carbons (Fsp3) is 0.188. The largest absolute Gasteiger partial charge is 0.457 e. The molecule has 0 atom stereocenters. The van der Waals surface area contributed by atoms with Crippen LogP contribution in [0.1, 0.15) is 31.7 Å². The van der Waals surface area contributed by atoms with Gasteiger partial charge in [-0.05, 0) is 74.6 Å². The second kappa shape index (κ2) is 13.1. The molecule has 188 valence electrons. The summed E-state index contributed by atoms with van der Waals surface area (Å²) in [6.45, 7) is 5.94. The third kappa shape index (κ3) is 7.80. The zero-order valence-electron chi connectivity index (χ0n) is 21.2. The molecule has 0 bridgehead atoms. The van der Waals surface area contributed by atoms with Gasteiger partial charge in [0.05, 0.1) is 5.69 Å². The summed E-state index contributed by atoms with van der Waals surface area (Å²) >= 11 is 0. The third-order valence-electron chi connectivity index (χ3n) is 6.02. The van der Waals surface area contributed by atoms with Gasteiger partial charge in [-0.25, -0.2) is 0 Å². The quantitative estimate of drug-likeness (QED) is 0.234. The van der Waals surface area contributed by atoms with Gasteiger partial charge in [0, 0.05) is 41.4 Å². The van der Waals surface area contributed by atoms with Crippen LogP contribution in [0, 0.1) is 0 Å². The van der Waals surface area contributed by atoms with Gasteiger partial charge in [0.2, 0.25) is 5.91 Å². The molecule has 0 spiro atoms. The summed E-state index contributed by atoms with van der Waals surface area (Å²) in [5, 5.41) is 6.28. The molecule has 1 aliphatic rings. The van der Waals surface area contributed by atoms with Crippen molar-refractivity contribution in [3.63, 3.8) is 0 Å². The zero-order valence-corrected chi connectivity index (χ0v) is 21.2. The molecular weight excluding hydrogens is 458 g/mol. The molecule has 5 heteroatoms. The van der Waals surface area contributed by atoms with Crippen molar-refractivity contribution in [3.05, 3.63) is 126 Å². The van der Waals surface area contributed by atoms with Crippen molar-refractivity contribution >= 4 is 23.5 Å². The Bertz CT molecular complexity index is 1290. The summed E-state index contributed by atoms with van der Waals surface area (Å²) in [5.41, 5.74) is 5.76. The van der Waals surface area contributed by atoms with Gasteiger partial charge in [0.15, 0.2) is 0 Å². The van der Waals surface area contributed by atoms with Gasteiger partial charge in [-0.15, -0.1) is 0 Å². The Morgan fingerprint density at radius 1 is 0.973 bits per heavy atom. The normalized spacial score (nSPS) is 14.6. The molecule has 0 radical (unpaired) electrons. The van der Waals surface area contributed by atoms with Crippen LogP contribution in [-0.4, -0.2) is 18.7 Å². The van der Waals surface area contributed by atoms with Crippen LogP contribution in [0.25, 0.3) is 0 Å². The SMILES string of the molecule is C=C(C)C(=O)NCCc1ccc(OC2=C(C=Nc3ccccc3)CCC/C2=C\Nc2ccccc2)cc1. The van der Waals surface area contributed by atoms with E-state index in [1.54, 1.807) is 6.92 Å². The summed E-state index contributed by atoms with van der Waals surface area (Å²) in [5.74, 6) is 1.50. The van der Waals surface area contributed by atoms with E-state index in [9.17, 15) is 4.79 Å². The standard InChI is InChI=1S/C32H33N3O2/c1-24(2)32(36)33-21-20-25-16-18-30(19-17-25)37-31-26(22-34-28-12-5-3-6-13-28)10-9-11-27(31)23-35-29-14-7-4-8-15-29/h3-8,12-19,22-23,34H,1,9-11,20-21H2,2H3,(H,33,36)/b26-22+,35-23?. The number of allylic oxidation sites excluding steroid dienone is 2. The lowest BCUT2D eigenvalue weighted by molar-refractivity contribution is -0.117. The van der Waals surface area contributed by atoms with E-state index in [-0.39, 0.29) is 5.91 Å². The van der Waals surface area contributed by atoms with Crippen LogP contribution in [0.15, 0.2) is 125 Å². The Balaban J connectivity index is 1.53. The number of ether oxygens (including phenoxy) is 1. The number of carbonyl (C=O) groups is 1. The Morgan fingerprint density at radius 2 is 1.68 bits per heavy atom. The number of benzene rings is 3. The lowest BCUT2D eigenvalue weighted by atomic mass is 9.94. The Hall–Kier alpha value is -4.38. The number of nitrogens with zero attached hydrogens (tertiary/aromatic N) is 1. The first-order valence-corrected chi connectivity index (χ1v) is 12.6. The molecule has 0 heterocycles. The minimum atomic E-state index is -0.114. The van der Waals surface area contributed by atoms with Crippen LogP contribution in [0.3, 0.4) is 0 Å². The van der Waals surface area contributed by atoms with Crippen molar-refractivity contribution in [3.8, 4) is 5.75 Å². The van der Waals surface area contributed by atoms with E-state index in [2.05, 4.69) is 17.2 Å². The van der Waals surface area contributed by atoms with E-state index >= 15 is 0 Å². The second-order valence-electron chi connectivity index (χ2n) is 9.01. The first kappa shape index (κ1) is 25.7. The molecule has 3 aromatic rings. The maximum atomic E-state index is 11.7. The number of anilines is 1. The topological polar surface area (TPSA) is 62.7 Å². The van der Waals surface area contributed by atoms with Gasteiger partial charge in [-0.1, -0.05) is 55.1 Å². The zero-order chi connectivity index (χ0) is 25.9. The van der Waals surface area contributed by atoms with E-state index in [1.807, 2.05) is 97.3 Å². The lowest BCUT2D eigenvalue weighted by Crippen LogP contribution is -2.25. The fourth-order valence-electron chi connectivity index (χ4n) is 3.98. The molecule has 0 aliphatic heterocycles. The van der Waals surface area contributed by atoms with Crippen molar-refractivity contribution in [2.75, 3.05) is 11.9 Å². The number of para-hydroxylation sites is 2. The molecule has 3 aromatic carbocycles. The Labute approximate surface area is 219 Å². The first-order valence-electron chi connectivity index (χ1n) is 12.6. The lowest BCUT2D eigenvalue weighted by Gasteiger charge is -2.22. The molecular formula is C32H33N3O2. The van der Waals surface area contributed by atoms with Crippen LogP contribution in [0.2, 0.25) is 0 Å². The van der Waals surface area contributed by atoms with Gasteiger partial charge in [0.25, 0.3) is 0 Å². The highest BCUT2D eigenvalue weighted by molar-refractivity contribution is 5.92. The summed E-state index contributed by atoms with van der Waals surface area (Å²) < 4.78 is 6.49. The van der Waals surface area contributed by atoms with Gasteiger partial charge in [0.1, 0.15) is 11.5 Å². The maximum Gasteiger partial charge on any atom is 0.246 e. The summed E-state index contributed by atoms with van der Waals surface area (Å²) in [4.78, 5) is 16.4. The smallest absolute Gasteiger partial charge is 0.246 e. The van der Waals surface area contributed by atoms with Crippen molar-refractivity contribution in [1.29, 1.82) is 0 Å². The minimum Gasteiger partial charge on any atom is -0.457 e. The highest BCUT2D eigenvalue weighted by Crippen LogP contribution is 2.32. The van der Waals surface area contributed by atoms with E-state index in [0.717, 1.165) is 65.3 Å². The number of carbonyl (C=O) groups excluding carboxylic acids is 1. The summed E-state index contributed by atoms with van der Waals surface area (Å²) in [6, 6.07) is 28.1. The van der Waals surface area contributed by atoms with Crippen LogP contribution in [0.5, 0.6) is 5.75 Å². The van der Waals surface area contributed by atoms with Gasteiger partial charge < -0.3 is 15.4 Å². The van der Waals surface area contributed by atoms with Crippen molar-refractivity contribution in [2.45, 2.75) is 32.6 Å². The molecule has 0 fully saturated rings. The van der Waals surface area contributed by atoms with Crippen LogP contribution < -0.4 is 15.4 Å². The van der Waals surface area contributed by atoms with Crippen LogP contribution >= 0.6 is 0 Å². The summed E-state index contributed by atoms with van der Waals surface area (Å²) in [7, 11) is 0. The van der Waals surface area contributed by atoms with Crippen molar-refractivity contribution in [2.24, 2.45) is 4.99 Å². The molecule has 1 aliphatic carbocycles. The monoisotopic (exact) mass is 491 g/mol. The molecule has 0 unspecified atom stereocenters. The molecule has 5 nitrogen and oxygen atoms in total. The van der Waals surface area contributed by atoms with Crippen molar-refractivity contribution < 1.29 is 9.53 Å². The Morgan fingerprint density at radius 3 is 2.38 bits per heavy atom.